The van der Waals surface area contributed by atoms with E-state index in [2.05, 4.69) is 10.9 Å². The van der Waals surface area contributed by atoms with E-state index < -0.39 is 16.5 Å². The minimum Gasteiger partial charge on any atom is -0.420 e. The summed E-state index contributed by atoms with van der Waals surface area (Å²) in [5.41, 5.74) is 0.291. The van der Waals surface area contributed by atoms with Crippen LogP contribution in [-0.4, -0.2) is 14.4 Å². The third kappa shape index (κ3) is 2.92. The van der Waals surface area contributed by atoms with Gasteiger partial charge in [0, 0.05) is 11.0 Å². The average Bonchev–Trinajstić information content (AvgIpc) is 2.40. The molecule has 0 spiro atoms. The minimum atomic E-state index is -2.63. The lowest BCUT2D eigenvalue weighted by Crippen LogP contribution is -2.08. The number of rotatable bonds is 3. The van der Waals surface area contributed by atoms with E-state index in [0.29, 0.717) is 5.39 Å². The van der Waals surface area contributed by atoms with E-state index >= 15 is 0 Å². The number of ether oxygens (including phenoxy) is 1. The first kappa shape index (κ1) is 14.0. The van der Waals surface area contributed by atoms with Crippen molar-refractivity contribution in [2.24, 2.45) is 4.36 Å². The molecule has 0 saturated heterocycles. The molecule has 0 aromatic heterocycles. The summed E-state index contributed by atoms with van der Waals surface area (Å²) >= 11 is 0. The fraction of sp³-hybridized carbons (Fsp3) is 0.0714. The Morgan fingerprint density at radius 1 is 1.20 bits per heavy atom. The van der Waals surface area contributed by atoms with Crippen LogP contribution in [0.15, 0.2) is 52.9 Å². The van der Waals surface area contributed by atoms with E-state index in [9.17, 15) is 13.2 Å². The molecule has 0 bridgehead atoms. The molecule has 0 radical (unpaired) electrons. The summed E-state index contributed by atoms with van der Waals surface area (Å²) < 4.78 is 30.2. The van der Waals surface area contributed by atoms with Crippen molar-refractivity contribution in [2.45, 2.75) is 6.92 Å². The summed E-state index contributed by atoms with van der Waals surface area (Å²) in [5.74, 6) is -0.519. The van der Waals surface area contributed by atoms with Gasteiger partial charge in [-0.3, -0.25) is 0 Å². The maximum Gasteiger partial charge on any atom is 0.338 e. The van der Waals surface area contributed by atoms with Crippen molar-refractivity contribution in [2.75, 3.05) is 0 Å². The lowest BCUT2D eigenvalue weighted by Gasteiger charge is -2.09. The van der Waals surface area contributed by atoms with Gasteiger partial charge in [-0.05, 0) is 18.4 Å². The van der Waals surface area contributed by atoms with Crippen molar-refractivity contribution >= 4 is 32.9 Å². The van der Waals surface area contributed by atoms with Gasteiger partial charge in [-0.25, -0.2) is 4.79 Å². The Morgan fingerprint density at radius 2 is 1.90 bits per heavy atom. The van der Waals surface area contributed by atoms with E-state index in [-0.39, 0.29) is 17.0 Å². The van der Waals surface area contributed by atoms with E-state index in [4.69, 9.17) is 4.74 Å². The molecule has 20 heavy (non-hydrogen) atoms. The Balaban J connectivity index is 2.70. The second-order valence-corrected chi connectivity index (χ2v) is 4.73. The fourth-order valence-corrected chi connectivity index (χ4v) is 1.98. The molecular weight excluding hydrogens is 278 g/mol. The monoisotopic (exact) mass is 289 g/mol. The molecule has 2 rings (SSSR count). The molecule has 0 saturated carbocycles. The maximum absolute atomic E-state index is 11.7. The third-order valence-electron chi connectivity index (χ3n) is 2.57. The molecule has 5 nitrogen and oxygen atoms in total. The number of hydrogen-bond donors (Lipinski definition) is 0. The van der Waals surface area contributed by atoms with Gasteiger partial charge in [0.2, 0.25) is 0 Å². The predicted octanol–water partition coefficient (Wildman–Crippen LogP) is 3.02. The van der Waals surface area contributed by atoms with Gasteiger partial charge in [0.1, 0.15) is 5.69 Å². The van der Waals surface area contributed by atoms with Gasteiger partial charge in [-0.2, -0.15) is 8.42 Å². The Morgan fingerprint density at radius 3 is 2.55 bits per heavy atom. The second kappa shape index (κ2) is 5.66. The van der Waals surface area contributed by atoms with Crippen LogP contribution < -0.4 is 4.74 Å². The van der Waals surface area contributed by atoms with Crippen LogP contribution in [-0.2, 0) is 15.3 Å². The topological polar surface area (TPSA) is 72.8 Å². The van der Waals surface area contributed by atoms with Crippen LogP contribution in [0, 0.1) is 0 Å². The number of hydrogen-bond acceptors (Lipinski definition) is 5. The summed E-state index contributed by atoms with van der Waals surface area (Å²) in [5, 5.41) is 1.42. The Labute approximate surface area is 117 Å². The van der Waals surface area contributed by atoms with Gasteiger partial charge in [0.25, 0.3) is 0 Å². The molecular formula is C14H11NO4S. The van der Waals surface area contributed by atoms with Gasteiger partial charge >= 0.3 is 16.5 Å². The van der Waals surface area contributed by atoms with Crippen molar-refractivity contribution in [1.82, 2.24) is 0 Å². The largest absolute Gasteiger partial charge is 0.420 e. The molecule has 0 heterocycles. The first-order valence-electron chi connectivity index (χ1n) is 5.69. The molecule has 0 N–H and O–H groups in total. The summed E-state index contributed by atoms with van der Waals surface area (Å²) in [7, 11) is -2.63. The summed E-state index contributed by atoms with van der Waals surface area (Å²) in [4.78, 5) is 11.7. The van der Waals surface area contributed by atoms with E-state index in [1.165, 1.54) is 13.0 Å². The van der Waals surface area contributed by atoms with Gasteiger partial charge in [0.15, 0.2) is 5.75 Å². The van der Waals surface area contributed by atoms with E-state index in [0.717, 1.165) is 5.39 Å². The Hall–Kier alpha value is -2.47. The highest BCUT2D eigenvalue weighted by molar-refractivity contribution is 7.61. The van der Waals surface area contributed by atoms with Gasteiger partial charge < -0.3 is 4.74 Å². The first-order valence-corrected chi connectivity index (χ1v) is 6.73. The fourth-order valence-electron chi connectivity index (χ4n) is 1.67. The zero-order chi connectivity index (χ0) is 14.7. The SMILES string of the molecule is C=C(C)C(=O)Oc1c(N=S(=O)=O)ccc2ccccc12. The van der Waals surface area contributed by atoms with Crippen molar-refractivity contribution in [1.29, 1.82) is 0 Å². The second-order valence-electron chi connectivity index (χ2n) is 4.11. The predicted molar refractivity (Wildman–Crippen MR) is 75.4 cm³/mol. The molecule has 2 aromatic rings. The first-order chi connectivity index (χ1) is 9.49. The lowest BCUT2D eigenvalue weighted by molar-refractivity contribution is -0.129. The molecule has 0 aliphatic heterocycles. The molecule has 0 amide bonds. The molecule has 0 atom stereocenters. The molecule has 0 unspecified atom stereocenters. The van der Waals surface area contributed by atoms with Crippen LogP contribution >= 0.6 is 0 Å². The number of carbonyl (C=O) groups is 1. The lowest BCUT2D eigenvalue weighted by atomic mass is 10.1. The zero-order valence-electron chi connectivity index (χ0n) is 10.7. The smallest absolute Gasteiger partial charge is 0.338 e. The van der Waals surface area contributed by atoms with Crippen LogP contribution in [0.25, 0.3) is 10.8 Å². The Kier molecular flexibility index (Phi) is 3.95. The highest BCUT2D eigenvalue weighted by atomic mass is 32.2. The molecule has 2 aromatic carbocycles. The van der Waals surface area contributed by atoms with Gasteiger partial charge in [-0.1, -0.05) is 36.9 Å². The van der Waals surface area contributed by atoms with Crippen molar-refractivity contribution in [3.05, 3.63) is 48.6 Å². The van der Waals surface area contributed by atoms with E-state index in [1.54, 1.807) is 18.2 Å². The number of benzene rings is 2. The number of esters is 1. The Bertz CT molecular complexity index is 829. The molecule has 0 aliphatic carbocycles. The summed E-state index contributed by atoms with van der Waals surface area (Å²) in [6.45, 7) is 5.00. The summed E-state index contributed by atoms with van der Waals surface area (Å²) in [6.07, 6.45) is 0. The van der Waals surface area contributed by atoms with Crippen LogP contribution in [0.1, 0.15) is 6.92 Å². The number of nitrogens with zero attached hydrogens (tertiary/aromatic N) is 1. The molecule has 102 valence electrons. The van der Waals surface area contributed by atoms with Crippen LogP contribution in [0.5, 0.6) is 5.75 Å². The van der Waals surface area contributed by atoms with Crippen LogP contribution in [0.2, 0.25) is 0 Å². The maximum atomic E-state index is 11.7. The standard InChI is InChI=1S/C14H11NO4S/c1-9(2)14(16)19-13-11-6-4-3-5-10(11)7-8-12(13)15-20(17)18/h3-8H,1H2,2H3. The number of fused-ring (bicyclic) bond motifs is 1. The van der Waals surface area contributed by atoms with Crippen molar-refractivity contribution < 1.29 is 17.9 Å². The normalized spacial score (nSPS) is 10.1. The van der Waals surface area contributed by atoms with E-state index in [1.807, 2.05) is 12.1 Å². The number of carbonyl (C=O) groups excluding carboxylic acids is 1. The summed E-state index contributed by atoms with van der Waals surface area (Å²) in [6, 6.07) is 10.3. The van der Waals surface area contributed by atoms with Crippen molar-refractivity contribution in [3.63, 3.8) is 0 Å². The van der Waals surface area contributed by atoms with Crippen molar-refractivity contribution in [3.8, 4) is 5.75 Å². The third-order valence-corrected chi connectivity index (χ3v) is 2.92. The quantitative estimate of drug-likeness (QED) is 0.494. The minimum absolute atomic E-state index is 0.0756. The molecule has 6 heteroatoms. The highest BCUT2D eigenvalue weighted by Gasteiger charge is 2.14. The highest BCUT2D eigenvalue weighted by Crippen LogP contribution is 2.36. The molecule has 0 aliphatic rings. The molecule has 0 fully saturated rings. The van der Waals surface area contributed by atoms with Gasteiger partial charge in [-0.15, -0.1) is 4.36 Å². The zero-order valence-corrected chi connectivity index (χ0v) is 11.5. The van der Waals surface area contributed by atoms with Crippen LogP contribution in [0.3, 0.4) is 0 Å². The van der Waals surface area contributed by atoms with Gasteiger partial charge in [0.05, 0.1) is 0 Å². The average molecular weight is 289 g/mol. The van der Waals surface area contributed by atoms with Crippen LogP contribution in [0.4, 0.5) is 5.69 Å².